The van der Waals surface area contributed by atoms with Crippen LogP contribution in [-0.4, -0.2) is 44.6 Å². The van der Waals surface area contributed by atoms with E-state index >= 15 is 0 Å². The predicted molar refractivity (Wildman–Crippen MR) is 108 cm³/mol. The van der Waals surface area contributed by atoms with Crippen LogP contribution in [0.15, 0.2) is 40.9 Å². The third-order valence-electron chi connectivity index (χ3n) is 3.73. The normalized spacial score (nSPS) is 18.4. The van der Waals surface area contributed by atoms with Crippen molar-refractivity contribution < 1.29 is 31.1 Å². The van der Waals surface area contributed by atoms with E-state index in [0.717, 1.165) is 12.3 Å². The first kappa shape index (κ1) is 26.3. The van der Waals surface area contributed by atoms with Gasteiger partial charge in [0, 0.05) is 45.7 Å². The van der Waals surface area contributed by atoms with E-state index in [1.807, 2.05) is 13.8 Å². The Labute approximate surface area is 177 Å². The molecule has 0 aliphatic carbocycles. The first-order valence-electron chi connectivity index (χ1n) is 9.55. The molecular weight excluding hydrogens is 426 g/mol. The number of pyridine rings is 1. The molecule has 0 saturated heterocycles. The first-order chi connectivity index (χ1) is 14.5. The Hall–Kier alpha value is -2.72. The van der Waals surface area contributed by atoms with Crippen LogP contribution in [0.3, 0.4) is 0 Å². The lowest BCUT2D eigenvalue weighted by Crippen LogP contribution is -2.19. The molecule has 0 aromatic carbocycles. The van der Waals surface area contributed by atoms with Crippen LogP contribution in [0.5, 0.6) is 0 Å². The molecule has 174 valence electrons. The van der Waals surface area contributed by atoms with Crippen molar-refractivity contribution in [2.45, 2.75) is 39.0 Å². The quantitative estimate of drug-likeness (QED) is 0.465. The molecule has 2 rings (SSSR count). The van der Waals surface area contributed by atoms with Crippen molar-refractivity contribution in [1.29, 1.82) is 0 Å². The minimum absolute atomic E-state index is 0.00681. The van der Waals surface area contributed by atoms with E-state index in [-0.39, 0.29) is 23.7 Å². The number of allylic oxidation sites excluding steroid dienone is 1. The van der Waals surface area contributed by atoms with Crippen molar-refractivity contribution in [1.82, 2.24) is 10.3 Å². The zero-order valence-corrected chi connectivity index (χ0v) is 17.7. The smallest absolute Gasteiger partial charge is 0.422 e. The Morgan fingerprint density at radius 2 is 1.87 bits per heavy atom. The summed E-state index contributed by atoms with van der Waals surface area (Å²) in [6, 6.07) is 0.876. The lowest BCUT2D eigenvalue weighted by molar-refractivity contribution is -0.165. The summed E-state index contributed by atoms with van der Waals surface area (Å²) in [6.45, 7) is 3.03. The Kier molecular flexibility index (Phi) is 9.86. The highest BCUT2D eigenvalue weighted by molar-refractivity contribution is 5.83. The summed E-state index contributed by atoms with van der Waals surface area (Å²) in [6.07, 6.45) is -3.36. The summed E-state index contributed by atoms with van der Waals surface area (Å²) < 4.78 is 80.9. The van der Waals surface area contributed by atoms with Crippen LogP contribution in [-0.2, 0) is 10.9 Å². The van der Waals surface area contributed by atoms with Gasteiger partial charge in [0.1, 0.15) is 11.4 Å². The number of aliphatic imine (C=N–C) groups is 1. The zero-order chi connectivity index (χ0) is 23.7. The summed E-state index contributed by atoms with van der Waals surface area (Å²) in [5.41, 5.74) is -0.435. The number of aromatic nitrogens is 1. The molecule has 2 heterocycles. The highest BCUT2D eigenvalue weighted by Gasteiger charge is 2.32. The van der Waals surface area contributed by atoms with Crippen LogP contribution < -0.4 is 10.2 Å². The van der Waals surface area contributed by atoms with E-state index < -0.39 is 24.5 Å². The summed E-state index contributed by atoms with van der Waals surface area (Å²) in [5.74, 6) is 0.279. The topological polar surface area (TPSA) is 49.8 Å². The highest BCUT2D eigenvalue weighted by Crippen LogP contribution is 2.34. The standard InChI is InChI=1S/C18H20F6N4O.C2H6/c1-28(2)16-15(7-13(9-27-16)18(22,23)24)26-8-12-4-3-5-25-10-14(6-12)29-11-17(19,20)21;1-2/h4,7-10,25H,3,5-6,11H2,1-2H3;1-2H3/b12-4+,14-10+,26-8?;. The molecule has 1 aromatic rings. The van der Waals surface area contributed by atoms with Crippen molar-refractivity contribution in [2.24, 2.45) is 4.99 Å². The van der Waals surface area contributed by atoms with Gasteiger partial charge in [-0.25, -0.2) is 4.98 Å². The maximum Gasteiger partial charge on any atom is 0.422 e. The lowest BCUT2D eigenvalue weighted by atomic mass is 10.1. The van der Waals surface area contributed by atoms with Crippen LogP contribution in [0.2, 0.25) is 0 Å². The second-order valence-electron chi connectivity index (χ2n) is 6.43. The summed E-state index contributed by atoms with van der Waals surface area (Å²) in [5, 5.41) is 2.83. The molecule has 0 spiro atoms. The van der Waals surface area contributed by atoms with Gasteiger partial charge in [-0.2, -0.15) is 26.3 Å². The molecule has 0 saturated carbocycles. The molecule has 0 amide bonds. The number of nitrogens with zero attached hydrogens (tertiary/aromatic N) is 3. The van der Waals surface area contributed by atoms with Gasteiger partial charge in [0.2, 0.25) is 0 Å². The van der Waals surface area contributed by atoms with E-state index in [9.17, 15) is 26.3 Å². The minimum Gasteiger partial charge on any atom is -0.487 e. The first-order valence-corrected chi connectivity index (χ1v) is 9.55. The molecule has 0 unspecified atom stereocenters. The van der Waals surface area contributed by atoms with Crippen molar-refractivity contribution in [3.63, 3.8) is 0 Å². The number of rotatable bonds is 5. The van der Waals surface area contributed by atoms with E-state index in [1.165, 1.54) is 17.3 Å². The molecule has 0 bridgehead atoms. The monoisotopic (exact) mass is 452 g/mol. The Morgan fingerprint density at radius 3 is 2.45 bits per heavy atom. The Morgan fingerprint density at radius 1 is 1.19 bits per heavy atom. The van der Waals surface area contributed by atoms with Gasteiger partial charge in [0.05, 0.1) is 5.56 Å². The Bertz CT molecular complexity index is 798. The van der Waals surface area contributed by atoms with Gasteiger partial charge in [0.15, 0.2) is 12.4 Å². The SMILES string of the molecule is CC.CN(C)c1ncc(C(F)(F)F)cc1N=C/C1=C/CCN/C=C(/OCC(F)(F)F)C1. The number of hydrogen-bond donors (Lipinski definition) is 1. The molecule has 5 nitrogen and oxygen atoms in total. The maximum absolute atomic E-state index is 13.0. The number of nitrogens with one attached hydrogen (secondary N) is 1. The van der Waals surface area contributed by atoms with E-state index in [2.05, 4.69) is 15.3 Å². The second kappa shape index (κ2) is 11.6. The molecule has 0 radical (unpaired) electrons. The molecule has 0 fully saturated rings. The van der Waals surface area contributed by atoms with Crippen LogP contribution >= 0.6 is 0 Å². The summed E-state index contributed by atoms with van der Waals surface area (Å²) in [4.78, 5) is 9.45. The van der Waals surface area contributed by atoms with E-state index in [1.54, 1.807) is 20.2 Å². The molecule has 1 N–H and O–H groups in total. The van der Waals surface area contributed by atoms with Crippen molar-refractivity contribution in [3.05, 3.63) is 41.4 Å². The largest absolute Gasteiger partial charge is 0.487 e. The fourth-order valence-electron chi connectivity index (χ4n) is 2.41. The molecule has 1 aromatic heterocycles. The average molecular weight is 452 g/mol. The number of ether oxygens (including phenoxy) is 1. The third kappa shape index (κ3) is 9.31. The van der Waals surface area contributed by atoms with Gasteiger partial charge in [-0.15, -0.1) is 0 Å². The highest BCUT2D eigenvalue weighted by atomic mass is 19.4. The lowest BCUT2D eigenvalue weighted by Gasteiger charge is -2.17. The zero-order valence-electron chi connectivity index (χ0n) is 17.7. The molecule has 31 heavy (non-hydrogen) atoms. The van der Waals surface area contributed by atoms with Crippen molar-refractivity contribution in [3.8, 4) is 0 Å². The maximum atomic E-state index is 13.0. The van der Waals surface area contributed by atoms with E-state index in [4.69, 9.17) is 4.74 Å². The van der Waals surface area contributed by atoms with Crippen LogP contribution in [0.1, 0.15) is 32.3 Å². The molecule has 11 heteroatoms. The van der Waals surface area contributed by atoms with Crippen LogP contribution in [0, 0.1) is 0 Å². The third-order valence-corrected chi connectivity index (χ3v) is 3.73. The van der Waals surface area contributed by atoms with Gasteiger partial charge in [-0.3, -0.25) is 4.99 Å². The van der Waals surface area contributed by atoms with Crippen molar-refractivity contribution in [2.75, 3.05) is 32.1 Å². The molecule has 1 aliphatic rings. The number of anilines is 1. The fourth-order valence-corrected chi connectivity index (χ4v) is 2.41. The van der Waals surface area contributed by atoms with Crippen molar-refractivity contribution >= 4 is 17.7 Å². The predicted octanol–water partition coefficient (Wildman–Crippen LogP) is 5.63. The van der Waals surface area contributed by atoms with Crippen LogP contribution in [0.25, 0.3) is 0 Å². The number of alkyl halides is 6. The van der Waals surface area contributed by atoms with Gasteiger partial charge < -0.3 is 15.0 Å². The van der Waals surface area contributed by atoms with Gasteiger partial charge in [-0.1, -0.05) is 19.9 Å². The van der Waals surface area contributed by atoms with E-state index in [0.29, 0.717) is 18.5 Å². The number of halogens is 6. The second-order valence-corrected chi connectivity index (χ2v) is 6.43. The molecule has 1 aliphatic heterocycles. The number of hydrogen-bond acceptors (Lipinski definition) is 5. The minimum atomic E-state index is -4.57. The summed E-state index contributed by atoms with van der Waals surface area (Å²) >= 11 is 0. The molecule has 0 atom stereocenters. The fraction of sp³-hybridized carbons (Fsp3) is 0.500. The average Bonchev–Trinajstić information content (AvgIpc) is 2.66. The van der Waals surface area contributed by atoms with Gasteiger partial charge in [0.25, 0.3) is 0 Å². The van der Waals surface area contributed by atoms with Gasteiger partial charge in [-0.05, 0) is 18.1 Å². The Balaban J connectivity index is 0.00000233. The van der Waals surface area contributed by atoms with Crippen LogP contribution in [0.4, 0.5) is 37.8 Å². The molecular formula is C20H26F6N4O. The van der Waals surface area contributed by atoms with Gasteiger partial charge >= 0.3 is 12.4 Å². The summed E-state index contributed by atoms with van der Waals surface area (Å²) in [7, 11) is 3.22.